The van der Waals surface area contributed by atoms with Crippen molar-refractivity contribution in [2.45, 2.75) is 38.5 Å². The summed E-state index contributed by atoms with van der Waals surface area (Å²) < 4.78 is 28.7. The second-order valence-electron chi connectivity index (χ2n) is 7.69. The number of anilines is 2. The van der Waals surface area contributed by atoms with Crippen molar-refractivity contribution in [3.63, 3.8) is 0 Å². The average Bonchev–Trinajstić information content (AvgIpc) is 2.71. The Hall–Kier alpha value is -2.83. The second kappa shape index (κ2) is 9.12. The summed E-state index contributed by atoms with van der Waals surface area (Å²) in [5.74, 6) is -0.188. The molecular formula is C24H25ClN2O3S. The molecule has 0 aliphatic heterocycles. The van der Waals surface area contributed by atoms with Gasteiger partial charge in [-0.1, -0.05) is 55.8 Å². The van der Waals surface area contributed by atoms with Gasteiger partial charge >= 0.3 is 0 Å². The summed E-state index contributed by atoms with van der Waals surface area (Å²) in [6.45, 7) is 7.82. The zero-order valence-corrected chi connectivity index (χ0v) is 19.4. The van der Waals surface area contributed by atoms with Crippen molar-refractivity contribution in [3.05, 3.63) is 87.9 Å². The molecule has 0 radical (unpaired) electrons. The van der Waals surface area contributed by atoms with E-state index in [1.165, 1.54) is 18.2 Å². The van der Waals surface area contributed by atoms with Crippen LogP contribution < -0.4 is 10.0 Å². The normalized spacial score (nSPS) is 11.4. The summed E-state index contributed by atoms with van der Waals surface area (Å²) >= 11 is 6.20. The molecule has 31 heavy (non-hydrogen) atoms. The van der Waals surface area contributed by atoms with Crippen molar-refractivity contribution >= 4 is 38.9 Å². The van der Waals surface area contributed by atoms with Crippen LogP contribution in [-0.2, 0) is 10.0 Å². The lowest BCUT2D eigenvalue weighted by molar-refractivity contribution is 0.102. The highest BCUT2D eigenvalue weighted by Gasteiger charge is 2.22. The van der Waals surface area contributed by atoms with E-state index in [0.29, 0.717) is 11.4 Å². The third-order valence-electron chi connectivity index (χ3n) is 5.16. The largest absolute Gasteiger partial charge is 0.322 e. The molecule has 0 aromatic heterocycles. The van der Waals surface area contributed by atoms with Crippen molar-refractivity contribution in [2.75, 3.05) is 10.0 Å². The van der Waals surface area contributed by atoms with Gasteiger partial charge in [-0.25, -0.2) is 8.42 Å². The molecule has 0 unspecified atom stereocenters. The number of aryl methyl sites for hydroxylation is 1. The molecule has 3 rings (SSSR count). The molecule has 0 fully saturated rings. The van der Waals surface area contributed by atoms with Crippen molar-refractivity contribution in [1.82, 2.24) is 0 Å². The molecule has 0 aliphatic carbocycles. The molecule has 0 heterocycles. The number of benzene rings is 3. The third-order valence-corrected chi connectivity index (χ3v) is 7.01. The molecule has 3 aromatic carbocycles. The van der Waals surface area contributed by atoms with Gasteiger partial charge < -0.3 is 5.32 Å². The van der Waals surface area contributed by atoms with Gasteiger partial charge in [-0.15, -0.1) is 0 Å². The third kappa shape index (κ3) is 5.09. The van der Waals surface area contributed by atoms with Gasteiger partial charge in [0.15, 0.2) is 0 Å². The highest BCUT2D eigenvalue weighted by atomic mass is 35.5. The summed E-state index contributed by atoms with van der Waals surface area (Å²) in [6, 6.07) is 17.1. The monoisotopic (exact) mass is 456 g/mol. The SMILES string of the molecule is Cc1cccc(NS(=O)(=O)c2cc(C(=O)Nc3ccccc3C(C)C)ccc2Cl)c1C. The van der Waals surface area contributed by atoms with E-state index >= 15 is 0 Å². The number of hydrogen-bond acceptors (Lipinski definition) is 3. The predicted molar refractivity (Wildman–Crippen MR) is 127 cm³/mol. The molecule has 0 saturated carbocycles. The van der Waals surface area contributed by atoms with Crippen LogP contribution in [0.15, 0.2) is 65.6 Å². The maximum absolute atomic E-state index is 13.0. The molecule has 3 aromatic rings. The maximum atomic E-state index is 13.0. The van der Waals surface area contributed by atoms with Gasteiger partial charge in [0.25, 0.3) is 15.9 Å². The van der Waals surface area contributed by atoms with Crippen LogP contribution in [0.2, 0.25) is 5.02 Å². The second-order valence-corrected chi connectivity index (χ2v) is 9.75. The van der Waals surface area contributed by atoms with Crippen LogP contribution in [0.4, 0.5) is 11.4 Å². The van der Waals surface area contributed by atoms with E-state index in [1.807, 2.05) is 58.0 Å². The molecular weight excluding hydrogens is 432 g/mol. The van der Waals surface area contributed by atoms with Crippen LogP contribution in [0, 0.1) is 13.8 Å². The fourth-order valence-corrected chi connectivity index (χ4v) is 4.87. The lowest BCUT2D eigenvalue weighted by atomic mass is 10.0. The van der Waals surface area contributed by atoms with Crippen LogP contribution >= 0.6 is 11.6 Å². The van der Waals surface area contributed by atoms with E-state index in [-0.39, 0.29) is 21.4 Å². The van der Waals surface area contributed by atoms with Crippen molar-refractivity contribution in [3.8, 4) is 0 Å². The summed E-state index contributed by atoms with van der Waals surface area (Å²) in [4.78, 5) is 12.7. The lowest BCUT2D eigenvalue weighted by Gasteiger charge is -2.15. The Balaban J connectivity index is 1.93. The Morgan fingerprint density at radius 3 is 2.32 bits per heavy atom. The van der Waals surface area contributed by atoms with Crippen molar-refractivity contribution in [1.29, 1.82) is 0 Å². The van der Waals surface area contributed by atoms with Crippen molar-refractivity contribution in [2.24, 2.45) is 0 Å². The number of halogens is 1. The van der Waals surface area contributed by atoms with Gasteiger partial charge in [-0.3, -0.25) is 9.52 Å². The van der Waals surface area contributed by atoms with E-state index in [2.05, 4.69) is 10.0 Å². The number of sulfonamides is 1. The number of para-hydroxylation sites is 1. The fourth-order valence-electron chi connectivity index (χ4n) is 3.22. The average molecular weight is 457 g/mol. The van der Waals surface area contributed by atoms with Gasteiger partial charge in [0.2, 0.25) is 0 Å². The number of hydrogen-bond donors (Lipinski definition) is 2. The fraction of sp³-hybridized carbons (Fsp3) is 0.208. The Morgan fingerprint density at radius 2 is 1.61 bits per heavy atom. The van der Waals surface area contributed by atoms with E-state index in [0.717, 1.165) is 16.7 Å². The Labute approximate surface area is 188 Å². The maximum Gasteiger partial charge on any atom is 0.263 e. The summed E-state index contributed by atoms with van der Waals surface area (Å²) in [6.07, 6.45) is 0. The minimum atomic E-state index is -4.00. The van der Waals surface area contributed by atoms with E-state index in [4.69, 9.17) is 11.6 Å². The number of amides is 1. The Bertz CT molecular complexity index is 1240. The van der Waals surface area contributed by atoms with Crippen LogP contribution in [0.5, 0.6) is 0 Å². The minimum absolute atomic E-state index is 0.0388. The van der Waals surface area contributed by atoms with Gasteiger partial charge in [0.05, 0.1) is 10.7 Å². The number of nitrogens with one attached hydrogen (secondary N) is 2. The standard InChI is InChI=1S/C24H25ClN2O3S/c1-15(2)19-9-5-6-10-22(19)26-24(28)18-12-13-20(25)23(14-18)31(29,30)27-21-11-7-8-16(3)17(21)4/h5-15,27H,1-4H3,(H,26,28). The smallest absolute Gasteiger partial charge is 0.263 e. The molecule has 5 nitrogen and oxygen atoms in total. The minimum Gasteiger partial charge on any atom is -0.322 e. The number of rotatable bonds is 6. The van der Waals surface area contributed by atoms with E-state index in [9.17, 15) is 13.2 Å². The molecule has 0 atom stereocenters. The molecule has 162 valence electrons. The van der Waals surface area contributed by atoms with E-state index in [1.54, 1.807) is 12.1 Å². The Morgan fingerprint density at radius 1 is 0.935 bits per heavy atom. The molecule has 0 saturated heterocycles. The van der Waals surface area contributed by atoms with Gasteiger partial charge in [-0.2, -0.15) is 0 Å². The number of carbonyl (C=O) groups is 1. The van der Waals surface area contributed by atoms with Crippen LogP contribution in [0.25, 0.3) is 0 Å². The molecule has 7 heteroatoms. The van der Waals surface area contributed by atoms with Crippen LogP contribution in [0.1, 0.15) is 46.8 Å². The summed E-state index contributed by atoms with van der Waals surface area (Å²) in [7, 11) is -4.00. The topological polar surface area (TPSA) is 75.3 Å². The lowest BCUT2D eigenvalue weighted by Crippen LogP contribution is -2.17. The molecule has 0 bridgehead atoms. The first-order valence-corrected chi connectivity index (χ1v) is 11.7. The zero-order chi connectivity index (χ0) is 22.8. The summed E-state index contributed by atoms with van der Waals surface area (Å²) in [5, 5.41) is 2.91. The molecule has 0 spiro atoms. The molecule has 1 amide bonds. The zero-order valence-electron chi connectivity index (χ0n) is 17.9. The quantitative estimate of drug-likeness (QED) is 0.468. The highest BCUT2D eigenvalue weighted by Crippen LogP contribution is 2.28. The first kappa shape index (κ1) is 22.8. The van der Waals surface area contributed by atoms with Gasteiger partial charge in [-0.05, 0) is 66.8 Å². The van der Waals surface area contributed by atoms with Crippen LogP contribution in [0.3, 0.4) is 0 Å². The molecule has 2 N–H and O–H groups in total. The van der Waals surface area contributed by atoms with E-state index < -0.39 is 15.9 Å². The van der Waals surface area contributed by atoms with Gasteiger partial charge in [0.1, 0.15) is 4.90 Å². The van der Waals surface area contributed by atoms with Crippen LogP contribution in [-0.4, -0.2) is 14.3 Å². The first-order valence-electron chi connectivity index (χ1n) is 9.89. The summed E-state index contributed by atoms with van der Waals surface area (Å²) in [5.41, 5.74) is 4.13. The number of carbonyl (C=O) groups excluding carboxylic acids is 1. The Kier molecular flexibility index (Phi) is 6.72. The van der Waals surface area contributed by atoms with Gasteiger partial charge in [0, 0.05) is 11.3 Å². The van der Waals surface area contributed by atoms with Crippen molar-refractivity contribution < 1.29 is 13.2 Å². The molecule has 0 aliphatic rings. The predicted octanol–water partition coefficient (Wildman–Crippen LogP) is 6.13. The highest BCUT2D eigenvalue weighted by molar-refractivity contribution is 7.92. The first-order chi connectivity index (χ1) is 14.6.